The third-order valence-electron chi connectivity index (χ3n) is 3.13. The standard InChI is InChI=1S/C17H23N3O2/c1-17(2,3)22-16(21)20-11-13(18)10-12-8-9-19-15-7-5-4-6-14(12)15/h4-9,13H,10-11,18H2,1-3H3,(H,20,21). The number of pyridine rings is 1. The number of nitrogens with zero attached hydrogens (tertiary/aromatic N) is 1. The predicted octanol–water partition coefficient (Wildman–Crippen LogP) is 2.63. The fourth-order valence-electron chi connectivity index (χ4n) is 2.22. The van der Waals surface area contributed by atoms with Gasteiger partial charge in [-0.05, 0) is 44.9 Å². The highest BCUT2D eigenvalue weighted by Gasteiger charge is 2.16. The minimum absolute atomic E-state index is 0.182. The lowest BCUT2D eigenvalue weighted by atomic mass is 10.0. The van der Waals surface area contributed by atoms with Crippen molar-refractivity contribution >= 4 is 17.0 Å². The van der Waals surface area contributed by atoms with Crippen LogP contribution in [0.1, 0.15) is 26.3 Å². The molecule has 0 bridgehead atoms. The van der Waals surface area contributed by atoms with E-state index in [0.717, 1.165) is 16.5 Å². The van der Waals surface area contributed by atoms with Crippen molar-refractivity contribution in [2.24, 2.45) is 5.73 Å². The third kappa shape index (κ3) is 4.70. The van der Waals surface area contributed by atoms with Crippen molar-refractivity contribution in [3.05, 3.63) is 42.1 Å². The van der Waals surface area contributed by atoms with Crippen molar-refractivity contribution < 1.29 is 9.53 Å². The number of nitrogens with two attached hydrogens (primary N) is 1. The number of rotatable bonds is 4. The first kappa shape index (κ1) is 16.2. The monoisotopic (exact) mass is 301 g/mol. The summed E-state index contributed by atoms with van der Waals surface area (Å²) >= 11 is 0. The average Bonchev–Trinajstić information content (AvgIpc) is 2.44. The summed E-state index contributed by atoms with van der Waals surface area (Å²) in [5.74, 6) is 0. The summed E-state index contributed by atoms with van der Waals surface area (Å²) in [4.78, 5) is 16.0. The number of nitrogens with one attached hydrogen (secondary N) is 1. The number of aromatic nitrogens is 1. The molecule has 0 radical (unpaired) electrons. The van der Waals surface area contributed by atoms with Crippen LogP contribution in [0.2, 0.25) is 0 Å². The molecule has 0 aliphatic heterocycles. The van der Waals surface area contributed by atoms with Crippen molar-refractivity contribution in [3.8, 4) is 0 Å². The van der Waals surface area contributed by atoms with Crippen LogP contribution in [0.5, 0.6) is 0 Å². The number of para-hydroxylation sites is 1. The molecule has 22 heavy (non-hydrogen) atoms. The first-order chi connectivity index (χ1) is 10.3. The van der Waals surface area contributed by atoms with E-state index in [1.165, 1.54) is 0 Å². The van der Waals surface area contributed by atoms with Crippen LogP contribution in [0.15, 0.2) is 36.5 Å². The number of fused-ring (bicyclic) bond motifs is 1. The van der Waals surface area contributed by atoms with Crippen LogP contribution in [-0.2, 0) is 11.2 Å². The maximum Gasteiger partial charge on any atom is 0.407 e. The van der Waals surface area contributed by atoms with E-state index in [1.54, 1.807) is 6.20 Å². The van der Waals surface area contributed by atoms with Crippen LogP contribution < -0.4 is 11.1 Å². The number of alkyl carbamates (subject to hydrolysis) is 1. The van der Waals surface area contributed by atoms with E-state index in [2.05, 4.69) is 10.3 Å². The molecule has 0 spiro atoms. The molecule has 3 N–H and O–H groups in total. The molecule has 2 aromatic rings. The van der Waals surface area contributed by atoms with Gasteiger partial charge in [-0.25, -0.2) is 4.79 Å². The van der Waals surface area contributed by atoms with Crippen LogP contribution in [0, 0.1) is 0 Å². The van der Waals surface area contributed by atoms with E-state index in [-0.39, 0.29) is 6.04 Å². The van der Waals surface area contributed by atoms with Gasteiger partial charge >= 0.3 is 6.09 Å². The molecule has 0 saturated heterocycles. The molecule has 5 heteroatoms. The topological polar surface area (TPSA) is 77.2 Å². The van der Waals surface area contributed by atoms with Crippen molar-refractivity contribution in [1.29, 1.82) is 0 Å². The summed E-state index contributed by atoms with van der Waals surface area (Å²) in [5, 5.41) is 3.80. The van der Waals surface area contributed by atoms with E-state index in [1.807, 2.05) is 51.1 Å². The van der Waals surface area contributed by atoms with E-state index in [4.69, 9.17) is 10.5 Å². The lowest BCUT2D eigenvalue weighted by Gasteiger charge is -2.21. The Hall–Kier alpha value is -2.14. The summed E-state index contributed by atoms with van der Waals surface area (Å²) < 4.78 is 5.19. The van der Waals surface area contributed by atoms with E-state index in [0.29, 0.717) is 13.0 Å². The number of amides is 1. The zero-order valence-electron chi connectivity index (χ0n) is 13.3. The SMILES string of the molecule is CC(C)(C)OC(=O)NCC(N)Cc1ccnc2ccccc12. The summed E-state index contributed by atoms with van der Waals surface area (Å²) in [6.07, 6.45) is 2.01. The second-order valence-electron chi connectivity index (χ2n) is 6.33. The second-order valence-corrected chi connectivity index (χ2v) is 6.33. The Labute approximate surface area is 130 Å². The Balaban J connectivity index is 1.94. The number of hydrogen-bond donors (Lipinski definition) is 2. The van der Waals surface area contributed by atoms with Gasteiger partial charge in [0.2, 0.25) is 0 Å². The van der Waals surface area contributed by atoms with Gasteiger partial charge in [0.05, 0.1) is 5.52 Å². The highest BCUT2D eigenvalue weighted by atomic mass is 16.6. The molecule has 2 rings (SSSR count). The van der Waals surface area contributed by atoms with Crippen molar-refractivity contribution in [2.75, 3.05) is 6.54 Å². The van der Waals surface area contributed by atoms with E-state index >= 15 is 0 Å². The molecule has 0 aliphatic rings. The van der Waals surface area contributed by atoms with Crippen molar-refractivity contribution in [2.45, 2.75) is 38.8 Å². The summed E-state index contributed by atoms with van der Waals surface area (Å²) in [6, 6.07) is 9.74. The summed E-state index contributed by atoms with van der Waals surface area (Å²) in [5.41, 5.74) is 7.69. The molecule has 5 nitrogen and oxygen atoms in total. The number of benzene rings is 1. The number of ether oxygens (including phenoxy) is 1. The van der Waals surface area contributed by atoms with Gasteiger partial charge in [0.25, 0.3) is 0 Å². The molecular formula is C17H23N3O2. The van der Waals surface area contributed by atoms with Gasteiger partial charge in [-0.2, -0.15) is 0 Å². The Bertz CT molecular complexity index is 644. The Kier molecular flexibility index (Phi) is 4.98. The lowest BCUT2D eigenvalue weighted by Crippen LogP contribution is -2.41. The quantitative estimate of drug-likeness (QED) is 0.910. The van der Waals surface area contributed by atoms with Crippen molar-refractivity contribution in [1.82, 2.24) is 10.3 Å². The molecule has 118 valence electrons. The molecule has 0 fully saturated rings. The fraction of sp³-hybridized carbons (Fsp3) is 0.412. The Morgan fingerprint density at radius 3 is 2.77 bits per heavy atom. The van der Waals surface area contributed by atoms with Gasteiger partial charge in [0, 0.05) is 24.2 Å². The highest BCUT2D eigenvalue weighted by Crippen LogP contribution is 2.17. The number of carbonyl (C=O) groups is 1. The average molecular weight is 301 g/mol. The zero-order chi connectivity index (χ0) is 16.2. The van der Waals surface area contributed by atoms with Gasteiger partial charge < -0.3 is 15.8 Å². The predicted molar refractivity (Wildman–Crippen MR) is 87.7 cm³/mol. The van der Waals surface area contributed by atoms with E-state index in [9.17, 15) is 4.79 Å². The first-order valence-corrected chi connectivity index (χ1v) is 7.40. The number of hydrogen-bond acceptors (Lipinski definition) is 4. The van der Waals surface area contributed by atoms with Gasteiger partial charge in [0.15, 0.2) is 0 Å². The van der Waals surface area contributed by atoms with Crippen LogP contribution in [0.3, 0.4) is 0 Å². The summed E-state index contributed by atoms with van der Waals surface area (Å²) in [7, 11) is 0. The third-order valence-corrected chi connectivity index (χ3v) is 3.13. The summed E-state index contributed by atoms with van der Waals surface area (Å²) in [6.45, 7) is 5.85. The van der Waals surface area contributed by atoms with E-state index < -0.39 is 11.7 Å². The smallest absolute Gasteiger partial charge is 0.407 e. The normalized spacial score (nSPS) is 12.9. The molecule has 1 aromatic heterocycles. The van der Waals surface area contributed by atoms with Gasteiger partial charge in [0.1, 0.15) is 5.60 Å². The molecule has 0 aliphatic carbocycles. The Morgan fingerprint density at radius 1 is 1.32 bits per heavy atom. The first-order valence-electron chi connectivity index (χ1n) is 7.40. The molecule has 1 heterocycles. The molecule has 1 amide bonds. The van der Waals surface area contributed by atoms with Gasteiger partial charge in [-0.1, -0.05) is 18.2 Å². The maximum absolute atomic E-state index is 11.6. The fourth-order valence-corrected chi connectivity index (χ4v) is 2.22. The molecular weight excluding hydrogens is 278 g/mol. The molecule has 1 aromatic carbocycles. The highest BCUT2D eigenvalue weighted by molar-refractivity contribution is 5.81. The van der Waals surface area contributed by atoms with Crippen molar-refractivity contribution in [3.63, 3.8) is 0 Å². The van der Waals surface area contributed by atoms with Crippen LogP contribution in [-0.4, -0.2) is 29.3 Å². The second kappa shape index (κ2) is 6.75. The van der Waals surface area contributed by atoms with Gasteiger partial charge in [-0.3, -0.25) is 4.98 Å². The minimum atomic E-state index is -0.504. The minimum Gasteiger partial charge on any atom is -0.444 e. The maximum atomic E-state index is 11.6. The molecule has 1 unspecified atom stereocenters. The number of carbonyl (C=O) groups excluding carboxylic acids is 1. The van der Waals surface area contributed by atoms with Crippen LogP contribution >= 0.6 is 0 Å². The van der Waals surface area contributed by atoms with Crippen LogP contribution in [0.4, 0.5) is 4.79 Å². The largest absolute Gasteiger partial charge is 0.444 e. The molecule has 1 atom stereocenters. The zero-order valence-corrected chi connectivity index (χ0v) is 13.3. The molecule has 0 saturated carbocycles. The van der Waals surface area contributed by atoms with Gasteiger partial charge in [-0.15, -0.1) is 0 Å². The Morgan fingerprint density at radius 2 is 2.05 bits per heavy atom. The van der Waals surface area contributed by atoms with Crippen LogP contribution in [0.25, 0.3) is 10.9 Å². The lowest BCUT2D eigenvalue weighted by molar-refractivity contribution is 0.0524.